The van der Waals surface area contributed by atoms with E-state index >= 15 is 0 Å². The van der Waals surface area contributed by atoms with Crippen molar-refractivity contribution in [3.8, 4) is 0 Å². The van der Waals surface area contributed by atoms with Crippen LogP contribution in [0.3, 0.4) is 0 Å². The highest BCUT2D eigenvalue weighted by Gasteiger charge is 2.39. The molecule has 1 aromatic carbocycles. The largest absolute Gasteiger partial charge is 1.00 e. The summed E-state index contributed by atoms with van der Waals surface area (Å²) in [5.41, 5.74) is 2.46. The molecule has 0 spiro atoms. The summed E-state index contributed by atoms with van der Waals surface area (Å²) in [6, 6.07) is 7.48. The van der Waals surface area contributed by atoms with Crippen LogP contribution in [0.1, 0.15) is 17.0 Å². The van der Waals surface area contributed by atoms with Crippen LogP contribution >= 0.6 is 11.8 Å². The smallest absolute Gasteiger partial charge is 0.453 e. The number of benzene rings is 1. The highest BCUT2D eigenvalue weighted by molar-refractivity contribution is 7.99. The van der Waals surface area contributed by atoms with Gasteiger partial charge in [-0.05, 0) is 12.5 Å². The molecule has 0 radical (unpaired) electrons. The molecule has 1 aliphatic rings. The summed E-state index contributed by atoms with van der Waals surface area (Å²) < 4.78 is 39.1. The first kappa shape index (κ1) is 16.0. The average molecular weight is 378 g/mol. The normalized spacial score (nSPS) is 14.2. The van der Waals surface area contributed by atoms with Crippen LogP contribution in [-0.2, 0) is 6.18 Å². The maximum atomic E-state index is 12.8. The van der Waals surface area contributed by atoms with Gasteiger partial charge < -0.3 is 17.0 Å². The number of rotatable bonds is 1. The van der Waals surface area contributed by atoms with Crippen molar-refractivity contribution < 1.29 is 30.2 Å². The number of hydrogen-bond acceptors (Lipinski definition) is 4. The topological polar surface area (TPSA) is 43.1 Å². The lowest BCUT2D eigenvalue weighted by atomic mass is 10.1. The quantitative estimate of drug-likeness (QED) is 0.700. The second-order valence-electron chi connectivity index (χ2n) is 4.32. The van der Waals surface area contributed by atoms with Crippen LogP contribution in [0, 0.1) is 6.92 Å². The number of alkyl halides is 3. The summed E-state index contributed by atoms with van der Waals surface area (Å²) in [5.74, 6) is -0.622. The summed E-state index contributed by atoms with van der Waals surface area (Å²) in [6.45, 7) is 1.95. The Labute approximate surface area is 133 Å². The number of hydrogen-bond donors (Lipinski definition) is 0. The minimum absolute atomic E-state index is 0. The monoisotopic (exact) mass is 377 g/mol. The molecule has 0 unspecified atom stereocenters. The van der Waals surface area contributed by atoms with Crippen LogP contribution in [0.2, 0.25) is 0 Å². The molecule has 2 heterocycles. The molecule has 0 saturated carbocycles. The van der Waals surface area contributed by atoms with Crippen LogP contribution in [0.5, 0.6) is 0 Å². The molecule has 2 aromatic rings. The number of aryl methyl sites for hydroxylation is 1. The molecule has 0 atom stereocenters. The molecule has 0 saturated heterocycles. The zero-order valence-electron chi connectivity index (χ0n) is 10.7. The predicted molar refractivity (Wildman–Crippen MR) is 68.9 cm³/mol. The van der Waals surface area contributed by atoms with Gasteiger partial charge in [-0.2, -0.15) is 22.9 Å². The van der Waals surface area contributed by atoms with E-state index in [4.69, 9.17) is 0 Å². The van der Waals surface area contributed by atoms with Gasteiger partial charge in [-0.25, -0.2) is 0 Å². The van der Waals surface area contributed by atoms with Gasteiger partial charge in [0.2, 0.25) is 5.16 Å². The van der Waals surface area contributed by atoms with Gasteiger partial charge in [-0.1, -0.05) is 41.6 Å². The Bertz CT molecular complexity index is 679. The Morgan fingerprint density at radius 2 is 1.81 bits per heavy atom. The fraction of sp³-hybridized carbons (Fsp3) is 0.250. The first-order chi connectivity index (χ1) is 9.45. The molecule has 1 aromatic heterocycles. The van der Waals surface area contributed by atoms with Crippen molar-refractivity contribution in [2.24, 2.45) is 5.10 Å². The average Bonchev–Trinajstić information content (AvgIpc) is 2.82. The van der Waals surface area contributed by atoms with E-state index in [1.54, 1.807) is 0 Å². The van der Waals surface area contributed by atoms with Gasteiger partial charge in [0.25, 0.3) is 5.82 Å². The Hall–Kier alpha value is -1.35. The molecule has 9 heteroatoms. The number of nitrogens with zero attached hydrogens (tertiary/aromatic N) is 4. The van der Waals surface area contributed by atoms with E-state index in [0.29, 0.717) is 11.5 Å². The molecule has 0 fully saturated rings. The summed E-state index contributed by atoms with van der Waals surface area (Å²) >= 11 is 1.19. The van der Waals surface area contributed by atoms with Crippen molar-refractivity contribution in [1.82, 2.24) is 14.9 Å². The number of thioether (sulfide) groups is 1. The Morgan fingerprint density at radius 3 is 2.43 bits per heavy atom. The van der Waals surface area contributed by atoms with Crippen LogP contribution in [-0.4, -0.2) is 26.3 Å². The SMILES string of the molecule is Cc1ccc(C2=Nn3c(nnc3C(F)(F)F)SC2)cc1.[Br-]. The fourth-order valence-corrected chi connectivity index (χ4v) is 2.63. The van der Waals surface area contributed by atoms with E-state index in [1.165, 1.54) is 11.8 Å². The van der Waals surface area contributed by atoms with Crippen LogP contribution in [0.25, 0.3) is 0 Å². The lowest BCUT2D eigenvalue weighted by Crippen LogP contribution is -3.00. The number of aromatic nitrogens is 3. The fourth-order valence-electron chi connectivity index (χ4n) is 1.79. The van der Waals surface area contributed by atoms with Crippen molar-refractivity contribution in [3.63, 3.8) is 0 Å². The molecule has 0 bridgehead atoms. The van der Waals surface area contributed by atoms with Crippen molar-refractivity contribution in [2.75, 3.05) is 5.75 Å². The van der Waals surface area contributed by atoms with Crippen molar-refractivity contribution >= 4 is 17.5 Å². The van der Waals surface area contributed by atoms with Gasteiger partial charge in [0, 0.05) is 5.75 Å². The number of halogens is 4. The van der Waals surface area contributed by atoms with E-state index in [9.17, 15) is 13.2 Å². The third-order valence-electron chi connectivity index (χ3n) is 2.81. The highest BCUT2D eigenvalue weighted by Crippen LogP contribution is 2.32. The molecular weight excluding hydrogens is 369 g/mol. The van der Waals surface area contributed by atoms with Crippen LogP contribution < -0.4 is 17.0 Å². The van der Waals surface area contributed by atoms with Crippen LogP contribution in [0.4, 0.5) is 13.2 Å². The lowest BCUT2D eigenvalue weighted by Gasteiger charge is -2.14. The van der Waals surface area contributed by atoms with Crippen molar-refractivity contribution in [1.29, 1.82) is 0 Å². The Balaban J connectivity index is 0.00000161. The third-order valence-corrected chi connectivity index (χ3v) is 3.74. The van der Waals surface area contributed by atoms with Gasteiger partial charge in [0.05, 0.1) is 5.71 Å². The van der Waals surface area contributed by atoms with Gasteiger partial charge in [0.1, 0.15) is 0 Å². The first-order valence-electron chi connectivity index (χ1n) is 5.75. The first-order valence-corrected chi connectivity index (χ1v) is 6.74. The Morgan fingerprint density at radius 1 is 1.14 bits per heavy atom. The van der Waals surface area contributed by atoms with E-state index in [1.807, 2.05) is 31.2 Å². The lowest BCUT2D eigenvalue weighted by molar-refractivity contribution is -0.147. The molecular formula is C12H9BrF3N4S-. The van der Waals surface area contributed by atoms with E-state index in [0.717, 1.165) is 15.8 Å². The van der Waals surface area contributed by atoms with Gasteiger partial charge >= 0.3 is 6.18 Å². The molecule has 21 heavy (non-hydrogen) atoms. The molecule has 0 N–H and O–H groups in total. The maximum Gasteiger partial charge on any atom is 0.453 e. The van der Waals surface area contributed by atoms with Gasteiger partial charge in [-0.15, -0.1) is 10.2 Å². The third kappa shape index (κ3) is 3.13. The minimum atomic E-state index is -4.56. The molecule has 1 aliphatic heterocycles. The minimum Gasteiger partial charge on any atom is -1.00 e. The van der Waals surface area contributed by atoms with E-state index in [2.05, 4.69) is 15.3 Å². The zero-order chi connectivity index (χ0) is 14.3. The van der Waals surface area contributed by atoms with Gasteiger partial charge in [0.15, 0.2) is 0 Å². The Kier molecular flexibility index (Phi) is 4.43. The second kappa shape index (κ2) is 5.80. The van der Waals surface area contributed by atoms with Crippen molar-refractivity contribution in [3.05, 3.63) is 41.2 Å². The molecule has 0 amide bonds. The van der Waals surface area contributed by atoms with Crippen LogP contribution in [0.15, 0.2) is 34.5 Å². The summed E-state index contributed by atoms with van der Waals surface area (Å²) in [7, 11) is 0. The predicted octanol–water partition coefficient (Wildman–Crippen LogP) is -0.0326. The van der Waals surface area contributed by atoms with Crippen molar-refractivity contribution in [2.45, 2.75) is 18.3 Å². The summed E-state index contributed by atoms with van der Waals surface area (Å²) in [5, 5.41) is 10.9. The maximum absolute atomic E-state index is 12.8. The van der Waals surface area contributed by atoms with E-state index in [-0.39, 0.29) is 22.1 Å². The molecule has 3 rings (SSSR count). The zero-order valence-corrected chi connectivity index (χ0v) is 13.1. The molecule has 4 nitrogen and oxygen atoms in total. The summed E-state index contributed by atoms with van der Waals surface area (Å²) in [4.78, 5) is 0. The van der Waals surface area contributed by atoms with E-state index < -0.39 is 12.0 Å². The molecule has 0 aliphatic carbocycles. The van der Waals surface area contributed by atoms with Gasteiger partial charge in [-0.3, -0.25) is 0 Å². The highest BCUT2D eigenvalue weighted by atomic mass is 79.9. The summed E-state index contributed by atoms with van der Waals surface area (Å²) in [6.07, 6.45) is -4.56. The standard InChI is InChI=1S/C12H9F3N4S.BrH/c1-7-2-4-8(5-3-7)9-6-20-11-17-16-10(12(13,14)15)19(11)18-9;/h2-5H,6H2,1H3;1H/p-1. The number of fused-ring (bicyclic) bond motifs is 1. The molecule has 112 valence electrons. The second-order valence-corrected chi connectivity index (χ2v) is 5.26.